The van der Waals surface area contributed by atoms with Gasteiger partial charge in [0.05, 0.1) is 16.9 Å². The van der Waals surface area contributed by atoms with Gasteiger partial charge in [-0.2, -0.15) is 0 Å². The quantitative estimate of drug-likeness (QED) is 0.508. The molecule has 1 unspecified atom stereocenters. The Bertz CT molecular complexity index is 1110. The Morgan fingerprint density at radius 2 is 1.81 bits per heavy atom. The molecule has 164 valence electrons. The number of rotatable bonds is 8. The molecule has 0 saturated carbocycles. The summed E-state index contributed by atoms with van der Waals surface area (Å²) in [5.74, 6) is 1.22. The van der Waals surface area contributed by atoms with Gasteiger partial charge in [-0.05, 0) is 56.2 Å². The molecule has 1 aromatic heterocycles. The summed E-state index contributed by atoms with van der Waals surface area (Å²) in [5.41, 5.74) is 0.540. The van der Waals surface area contributed by atoms with Gasteiger partial charge in [0, 0.05) is 18.1 Å². The van der Waals surface area contributed by atoms with Crippen LogP contribution < -0.4 is 10.3 Å². The van der Waals surface area contributed by atoms with Crippen LogP contribution in [0.2, 0.25) is 5.02 Å². The summed E-state index contributed by atoms with van der Waals surface area (Å²) in [6.07, 6.45) is 0. The van der Waals surface area contributed by atoms with Crippen molar-refractivity contribution in [3.63, 3.8) is 0 Å². The molecule has 1 atom stereocenters. The van der Waals surface area contributed by atoms with Gasteiger partial charge in [-0.3, -0.25) is 14.2 Å². The van der Waals surface area contributed by atoms with Crippen molar-refractivity contribution >= 4 is 28.4 Å². The lowest BCUT2D eigenvalue weighted by Crippen LogP contribution is -2.41. The molecule has 1 heterocycles. The number of fused-ring (bicyclic) bond motifs is 1. The maximum absolute atomic E-state index is 13.1. The second-order valence-electron chi connectivity index (χ2n) is 7.90. The molecule has 0 aliphatic heterocycles. The van der Waals surface area contributed by atoms with Crippen molar-refractivity contribution in [2.75, 3.05) is 13.2 Å². The first kappa shape index (κ1) is 22.8. The highest BCUT2D eigenvalue weighted by atomic mass is 35.5. The van der Waals surface area contributed by atoms with Crippen LogP contribution in [-0.4, -0.2) is 33.5 Å². The molecular weight excluding hydrogens is 414 g/mol. The number of carbonyl (C=O) groups is 1. The topological polar surface area (TPSA) is 64.4 Å². The number of amides is 1. The van der Waals surface area contributed by atoms with Crippen LogP contribution in [0.4, 0.5) is 0 Å². The fourth-order valence-electron chi connectivity index (χ4n) is 3.58. The van der Waals surface area contributed by atoms with E-state index in [-0.39, 0.29) is 30.0 Å². The number of hydrogen-bond donors (Lipinski definition) is 0. The van der Waals surface area contributed by atoms with Crippen LogP contribution in [0.3, 0.4) is 0 Å². The van der Waals surface area contributed by atoms with Crippen LogP contribution in [0, 0.1) is 5.92 Å². The molecule has 0 radical (unpaired) electrons. The van der Waals surface area contributed by atoms with Crippen molar-refractivity contribution in [2.45, 2.75) is 40.3 Å². The number of halogens is 1. The number of aromatic nitrogens is 2. The molecule has 6 nitrogen and oxygen atoms in total. The predicted molar refractivity (Wildman–Crippen MR) is 124 cm³/mol. The zero-order valence-electron chi connectivity index (χ0n) is 18.3. The number of hydrogen-bond acceptors (Lipinski definition) is 4. The minimum atomic E-state index is -0.388. The van der Waals surface area contributed by atoms with Crippen LogP contribution in [0.1, 0.15) is 39.6 Å². The fraction of sp³-hybridized carbons (Fsp3) is 0.375. The van der Waals surface area contributed by atoms with E-state index in [2.05, 4.69) is 0 Å². The molecule has 1 amide bonds. The summed E-state index contributed by atoms with van der Waals surface area (Å²) in [4.78, 5) is 32.7. The van der Waals surface area contributed by atoms with E-state index in [1.165, 1.54) is 0 Å². The number of nitrogens with zero attached hydrogens (tertiary/aromatic N) is 3. The van der Waals surface area contributed by atoms with Gasteiger partial charge in [0.15, 0.2) is 6.61 Å². The fourth-order valence-corrected chi connectivity index (χ4v) is 3.70. The molecule has 0 fully saturated rings. The van der Waals surface area contributed by atoms with E-state index in [4.69, 9.17) is 21.3 Å². The third-order valence-electron chi connectivity index (χ3n) is 5.11. The Hall–Kier alpha value is -2.86. The van der Waals surface area contributed by atoms with Crippen LogP contribution >= 0.6 is 11.6 Å². The number of carbonyl (C=O) groups excluding carboxylic acids is 1. The summed E-state index contributed by atoms with van der Waals surface area (Å²) >= 11 is 5.91. The Morgan fingerprint density at radius 3 is 2.45 bits per heavy atom. The third kappa shape index (κ3) is 5.25. The molecule has 3 rings (SSSR count). The second kappa shape index (κ2) is 9.96. The first-order valence-corrected chi connectivity index (χ1v) is 10.9. The predicted octanol–water partition coefficient (Wildman–Crippen LogP) is 4.69. The van der Waals surface area contributed by atoms with Gasteiger partial charge in [0.25, 0.3) is 11.5 Å². The Kier molecular flexibility index (Phi) is 7.33. The van der Waals surface area contributed by atoms with Crippen LogP contribution in [0.15, 0.2) is 53.3 Å². The highest BCUT2D eigenvalue weighted by Gasteiger charge is 2.27. The zero-order chi connectivity index (χ0) is 22.5. The zero-order valence-corrected chi connectivity index (χ0v) is 19.1. The molecule has 0 spiro atoms. The average Bonchev–Trinajstić information content (AvgIpc) is 2.76. The Balaban J connectivity index is 1.92. The summed E-state index contributed by atoms with van der Waals surface area (Å²) in [6, 6.07) is 13.8. The van der Waals surface area contributed by atoms with E-state index in [9.17, 15) is 9.59 Å². The van der Waals surface area contributed by atoms with Crippen LogP contribution in [-0.2, 0) is 11.3 Å². The van der Waals surface area contributed by atoms with E-state index >= 15 is 0 Å². The average molecular weight is 442 g/mol. The van der Waals surface area contributed by atoms with Crippen molar-refractivity contribution in [2.24, 2.45) is 5.92 Å². The van der Waals surface area contributed by atoms with Gasteiger partial charge < -0.3 is 9.64 Å². The lowest BCUT2D eigenvalue weighted by atomic mass is 10.1. The van der Waals surface area contributed by atoms with E-state index in [0.29, 0.717) is 40.6 Å². The van der Waals surface area contributed by atoms with Gasteiger partial charge in [-0.25, -0.2) is 4.98 Å². The summed E-state index contributed by atoms with van der Waals surface area (Å²) in [7, 11) is 0. The third-order valence-corrected chi connectivity index (χ3v) is 5.36. The molecule has 7 heteroatoms. The van der Waals surface area contributed by atoms with Crippen molar-refractivity contribution in [1.29, 1.82) is 0 Å². The lowest BCUT2D eigenvalue weighted by molar-refractivity contribution is -0.136. The standard InChI is InChI=1S/C24H28ClN3O3/c1-5-27-23(26-21-9-7-6-8-20(21)24(27)30)17(4)28(14-16(2)3)22(29)15-31-19-12-10-18(25)11-13-19/h6-13,16-17H,5,14-15H2,1-4H3. The van der Waals surface area contributed by atoms with E-state index in [1.54, 1.807) is 39.8 Å². The van der Waals surface area contributed by atoms with Gasteiger partial charge in [0.1, 0.15) is 11.6 Å². The van der Waals surface area contributed by atoms with E-state index in [1.807, 2.05) is 45.9 Å². The molecule has 0 N–H and O–H groups in total. The van der Waals surface area contributed by atoms with Gasteiger partial charge in [-0.15, -0.1) is 0 Å². The summed E-state index contributed by atoms with van der Waals surface area (Å²) in [6.45, 7) is 8.81. The normalized spacial score (nSPS) is 12.2. The molecule has 0 bridgehead atoms. The Morgan fingerprint density at radius 1 is 1.13 bits per heavy atom. The SMILES string of the molecule is CCn1c(C(C)N(CC(C)C)C(=O)COc2ccc(Cl)cc2)nc2ccccc2c1=O. The minimum absolute atomic E-state index is 0.0932. The van der Waals surface area contributed by atoms with Crippen molar-refractivity contribution < 1.29 is 9.53 Å². The van der Waals surface area contributed by atoms with Crippen molar-refractivity contribution in [3.8, 4) is 5.75 Å². The first-order chi connectivity index (χ1) is 14.8. The maximum Gasteiger partial charge on any atom is 0.261 e. The molecule has 31 heavy (non-hydrogen) atoms. The molecular formula is C24H28ClN3O3. The highest BCUT2D eigenvalue weighted by Crippen LogP contribution is 2.22. The maximum atomic E-state index is 13.1. The summed E-state index contributed by atoms with van der Waals surface area (Å²) in [5, 5.41) is 1.18. The van der Waals surface area contributed by atoms with Crippen molar-refractivity contribution in [1.82, 2.24) is 14.5 Å². The Labute approximate surface area is 187 Å². The van der Waals surface area contributed by atoms with Gasteiger partial charge in [0.2, 0.25) is 0 Å². The molecule has 0 aliphatic rings. The second-order valence-corrected chi connectivity index (χ2v) is 8.33. The number of para-hydroxylation sites is 1. The molecule has 3 aromatic rings. The van der Waals surface area contributed by atoms with Crippen LogP contribution in [0.25, 0.3) is 10.9 Å². The highest BCUT2D eigenvalue weighted by molar-refractivity contribution is 6.30. The largest absolute Gasteiger partial charge is 0.484 e. The minimum Gasteiger partial charge on any atom is -0.484 e. The molecule has 2 aromatic carbocycles. The molecule has 0 aliphatic carbocycles. The smallest absolute Gasteiger partial charge is 0.261 e. The summed E-state index contributed by atoms with van der Waals surface area (Å²) < 4.78 is 7.33. The first-order valence-electron chi connectivity index (χ1n) is 10.5. The van der Waals surface area contributed by atoms with Gasteiger partial charge in [-0.1, -0.05) is 37.6 Å². The molecule has 0 saturated heterocycles. The number of benzene rings is 2. The number of ether oxygens (including phenoxy) is 1. The monoisotopic (exact) mass is 441 g/mol. The van der Waals surface area contributed by atoms with E-state index in [0.717, 1.165) is 0 Å². The van der Waals surface area contributed by atoms with Gasteiger partial charge >= 0.3 is 0 Å². The van der Waals surface area contributed by atoms with Crippen molar-refractivity contribution in [3.05, 3.63) is 69.7 Å². The van der Waals surface area contributed by atoms with E-state index < -0.39 is 0 Å². The lowest BCUT2D eigenvalue weighted by Gasteiger charge is -2.31. The van der Waals surface area contributed by atoms with Crippen LogP contribution in [0.5, 0.6) is 5.75 Å².